The Morgan fingerprint density at radius 3 is 2.32 bits per heavy atom. The van der Waals surface area contributed by atoms with Crippen LogP contribution in [0.15, 0.2) is 48.5 Å². The summed E-state index contributed by atoms with van der Waals surface area (Å²) >= 11 is 0. The molecular weight excluding hydrogens is 358 g/mol. The fourth-order valence-electron chi connectivity index (χ4n) is 3.04. The number of amides is 1. The Labute approximate surface area is 165 Å². The molecular formula is C22H27NO5. The predicted octanol–water partition coefficient (Wildman–Crippen LogP) is 3.60. The van der Waals surface area contributed by atoms with Crippen LogP contribution < -0.4 is 14.8 Å². The molecule has 0 aliphatic heterocycles. The molecule has 6 heteroatoms. The molecule has 0 saturated heterocycles. The minimum atomic E-state index is -0.881. The van der Waals surface area contributed by atoms with Crippen molar-refractivity contribution in [2.24, 2.45) is 5.92 Å². The van der Waals surface area contributed by atoms with Gasteiger partial charge in [0, 0.05) is 12.3 Å². The summed E-state index contributed by atoms with van der Waals surface area (Å²) in [7, 11) is 3.15. The lowest BCUT2D eigenvalue weighted by Gasteiger charge is -2.21. The molecule has 0 fully saturated rings. The Balaban J connectivity index is 2.06. The van der Waals surface area contributed by atoms with Crippen molar-refractivity contribution in [2.75, 3.05) is 14.2 Å². The van der Waals surface area contributed by atoms with Crippen LogP contribution in [-0.2, 0) is 16.0 Å². The number of methoxy groups -OCH3 is 2. The highest BCUT2D eigenvalue weighted by molar-refractivity contribution is 5.79. The second-order valence-corrected chi connectivity index (χ2v) is 6.70. The Hall–Kier alpha value is -3.02. The van der Waals surface area contributed by atoms with Gasteiger partial charge >= 0.3 is 5.97 Å². The van der Waals surface area contributed by atoms with Gasteiger partial charge in [-0.05, 0) is 36.1 Å². The van der Waals surface area contributed by atoms with Crippen LogP contribution in [0.3, 0.4) is 0 Å². The van der Waals surface area contributed by atoms with Crippen LogP contribution in [0, 0.1) is 5.92 Å². The molecule has 0 aliphatic carbocycles. The largest absolute Gasteiger partial charge is 0.493 e. The summed E-state index contributed by atoms with van der Waals surface area (Å²) in [6.07, 6.45) is 0.866. The highest BCUT2D eigenvalue weighted by Crippen LogP contribution is 2.28. The fraction of sp³-hybridized carbons (Fsp3) is 0.364. The zero-order chi connectivity index (χ0) is 20.5. The van der Waals surface area contributed by atoms with Crippen molar-refractivity contribution in [2.45, 2.75) is 32.2 Å². The zero-order valence-electron chi connectivity index (χ0n) is 16.5. The summed E-state index contributed by atoms with van der Waals surface area (Å²) in [6, 6.07) is 14.7. The lowest BCUT2D eigenvalue weighted by Crippen LogP contribution is -2.34. The van der Waals surface area contributed by atoms with E-state index in [1.54, 1.807) is 14.2 Å². The molecule has 0 bridgehead atoms. The first-order chi connectivity index (χ1) is 13.4. The third kappa shape index (κ3) is 6.01. The van der Waals surface area contributed by atoms with E-state index < -0.39 is 5.97 Å². The standard InChI is InChI=1S/C22H27NO5/c1-15(13-16-9-11-19(27-2)20(14-16)28-3)22(26)23-18(10-12-21(24)25)17-7-5-4-6-8-17/h4-9,11,14-15,18H,10,12-13H2,1-3H3,(H,23,26)(H,24,25). The van der Waals surface area contributed by atoms with E-state index in [0.29, 0.717) is 24.3 Å². The summed E-state index contributed by atoms with van der Waals surface area (Å²) in [5.74, 6) is -0.0193. The third-order valence-electron chi connectivity index (χ3n) is 4.60. The fourth-order valence-corrected chi connectivity index (χ4v) is 3.04. The molecule has 0 aromatic heterocycles. The number of rotatable bonds is 10. The predicted molar refractivity (Wildman–Crippen MR) is 107 cm³/mol. The molecule has 0 saturated carbocycles. The maximum absolute atomic E-state index is 12.7. The molecule has 2 rings (SSSR count). The summed E-state index contributed by atoms with van der Waals surface area (Å²) in [4.78, 5) is 23.7. The quantitative estimate of drug-likeness (QED) is 0.653. The molecule has 2 atom stereocenters. The zero-order valence-corrected chi connectivity index (χ0v) is 16.5. The van der Waals surface area contributed by atoms with E-state index in [1.807, 2.05) is 55.5 Å². The number of benzene rings is 2. The third-order valence-corrected chi connectivity index (χ3v) is 4.60. The van der Waals surface area contributed by atoms with Crippen LogP contribution in [0.2, 0.25) is 0 Å². The number of carbonyl (C=O) groups excluding carboxylic acids is 1. The van der Waals surface area contributed by atoms with E-state index in [1.165, 1.54) is 0 Å². The van der Waals surface area contributed by atoms with E-state index in [2.05, 4.69) is 5.32 Å². The van der Waals surface area contributed by atoms with Gasteiger partial charge in [0.1, 0.15) is 0 Å². The molecule has 150 valence electrons. The number of hydrogen-bond donors (Lipinski definition) is 2. The molecule has 0 aliphatic rings. The average molecular weight is 385 g/mol. The summed E-state index contributed by atoms with van der Waals surface area (Å²) < 4.78 is 10.6. The lowest BCUT2D eigenvalue weighted by molar-refractivity contribution is -0.137. The van der Waals surface area contributed by atoms with Gasteiger partial charge in [-0.2, -0.15) is 0 Å². The van der Waals surface area contributed by atoms with Crippen LogP contribution in [0.25, 0.3) is 0 Å². The van der Waals surface area contributed by atoms with E-state index in [9.17, 15) is 9.59 Å². The normalized spacial score (nSPS) is 12.7. The number of carbonyl (C=O) groups is 2. The molecule has 0 spiro atoms. The summed E-state index contributed by atoms with van der Waals surface area (Å²) in [5.41, 5.74) is 1.86. The molecule has 28 heavy (non-hydrogen) atoms. The molecule has 2 N–H and O–H groups in total. The first kappa shape index (κ1) is 21.3. The van der Waals surface area contributed by atoms with Gasteiger partial charge < -0.3 is 19.9 Å². The van der Waals surface area contributed by atoms with E-state index in [4.69, 9.17) is 14.6 Å². The summed E-state index contributed by atoms with van der Waals surface area (Å²) in [5, 5.41) is 12.0. The van der Waals surface area contributed by atoms with Gasteiger partial charge in [0.15, 0.2) is 11.5 Å². The molecule has 6 nitrogen and oxygen atoms in total. The monoisotopic (exact) mass is 385 g/mol. The highest BCUT2D eigenvalue weighted by atomic mass is 16.5. The van der Waals surface area contributed by atoms with Gasteiger partial charge in [0.25, 0.3) is 0 Å². The number of nitrogens with one attached hydrogen (secondary N) is 1. The number of aliphatic carboxylic acids is 1. The van der Waals surface area contributed by atoms with Crippen LogP contribution >= 0.6 is 0 Å². The number of hydrogen-bond acceptors (Lipinski definition) is 4. The van der Waals surface area contributed by atoms with Crippen molar-refractivity contribution in [1.82, 2.24) is 5.32 Å². The summed E-state index contributed by atoms with van der Waals surface area (Å²) in [6.45, 7) is 1.85. The molecule has 2 aromatic carbocycles. The maximum Gasteiger partial charge on any atom is 0.303 e. The topological polar surface area (TPSA) is 84.9 Å². The molecule has 2 aromatic rings. The van der Waals surface area contributed by atoms with Gasteiger partial charge in [-0.25, -0.2) is 0 Å². The van der Waals surface area contributed by atoms with E-state index in [-0.39, 0.29) is 24.3 Å². The van der Waals surface area contributed by atoms with Crippen LogP contribution in [0.5, 0.6) is 11.5 Å². The second kappa shape index (κ2) is 10.3. The number of ether oxygens (including phenoxy) is 2. The van der Waals surface area contributed by atoms with Crippen molar-refractivity contribution in [3.8, 4) is 11.5 Å². The van der Waals surface area contributed by atoms with Crippen molar-refractivity contribution in [3.63, 3.8) is 0 Å². The van der Waals surface area contributed by atoms with Gasteiger partial charge in [0.05, 0.1) is 20.3 Å². The van der Waals surface area contributed by atoms with Gasteiger partial charge in [0.2, 0.25) is 5.91 Å². The smallest absolute Gasteiger partial charge is 0.303 e. The SMILES string of the molecule is COc1ccc(CC(C)C(=O)NC(CCC(=O)O)c2ccccc2)cc1OC. The molecule has 0 heterocycles. The first-order valence-corrected chi connectivity index (χ1v) is 9.22. The Morgan fingerprint density at radius 1 is 1.04 bits per heavy atom. The number of carboxylic acid groups (broad SMARTS) is 1. The average Bonchev–Trinajstić information content (AvgIpc) is 2.71. The Bertz CT molecular complexity index is 791. The molecule has 2 unspecified atom stereocenters. The lowest BCUT2D eigenvalue weighted by atomic mass is 9.97. The van der Waals surface area contributed by atoms with Crippen molar-refractivity contribution < 1.29 is 24.2 Å². The minimum Gasteiger partial charge on any atom is -0.493 e. The minimum absolute atomic E-state index is 0.0100. The second-order valence-electron chi connectivity index (χ2n) is 6.70. The van der Waals surface area contributed by atoms with E-state index in [0.717, 1.165) is 11.1 Å². The van der Waals surface area contributed by atoms with Crippen LogP contribution in [0.1, 0.15) is 36.9 Å². The Morgan fingerprint density at radius 2 is 1.71 bits per heavy atom. The van der Waals surface area contributed by atoms with Gasteiger partial charge in [-0.15, -0.1) is 0 Å². The maximum atomic E-state index is 12.7. The van der Waals surface area contributed by atoms with Gasteiger partial charge in [-0.1, -0.05) is 43.3 Å². The van der Waals surface area contributed by atoms with E-state index >= 15 is 0 Å². The van der Waals surface area contributed by atoms with Crippen molar-refractivity contribution in [3.05, 3.63) is 59.7 Å². The highest BCUT2D eigenvalue weighted by Gasteiger charge is 2.20. The molecule has 0 radical (unpaired) electrons. The first-order valence-electron chi connectivity index (χ1n) is 9.22. The number of carboxylic acids is 1. The van der Waals surface area contributed by atoms with Gasteiger partial charge in [-0.3, -0.25) is 9.59 Å². The molecule has 1 amide bonds. The Kier molecular flexibility index (Phi) is 7.87. The van der Waals surface area contributed by atoms with Crippen LogP contribution in [0.4, 0.5) is 0 Å². The van der Waals surface area contributed by atoms with Crippen molar-refractivity contribution in [1.29, 1.82) is 0 Å². The van der Waals surface area contributed by atoms with Crippen LogP contribution in [-0.4, -0.2) is 31.2 Å². The van der Waals surface area contributed by atoms with Crippen molar-refractivity contribution >= 4 is 11.9 Å².